The molecule has 0 fully saturated rings. The van der Waals surface area contributed by atoms with Crippen molar-refractivity contribution in [1.82, 2.24) is 14.7 Å². The van der Waals surface area contributed by atoms with Crippen LogP contribution in [0, 0.1) is 0 Å². The maximum atomic E-state index is 13.5. The fraction of sp³-hybridized carbons (Fsp3) is 0.154. The van der Waals surface area contributed by atoms with Gasteiger partial charge in [-0.1, -0.05) is 48.5 Å². The number of rotatable bonds is 7. The van der Waals surface area contributed by atoms with E-state index in [0.717, 1.165) is 16.8 Å². The average Bonchev–Trinajstić information content (AvgIpc) is 3.29. The molecule has 6 heteroatoms. The van der Waals surface area contributed by atoms with Crippen LogP contribution in [0.25, 0.3) is 16.9 Å². The third kappa shape index (κ3) is 4.34. The van der Waals surface area contributed by atoms with Crippen LogP contribution < -0.4 is 9.47 Å². The molecule has 0 saturated heterocycles. The zero-order valence-electron chi connectivity index (χ0n) is 18.4. The first kappa shape index (κ1) is 21.2. The van der Waals surface area contributed by atoms with Crippen LogP contribution in [-0.4, -0.2) is 41.9 Å². The van der Waals surface area contributed by atoms with Gasteiger partial charge in [0.05, 0.1) is 25.5 Å². The van der Waals surface area contributed by atoms with E-state index >= 15 is 0 Å². The maximum Gasteiger partial charge on any atom is 0.257 e. The number of amides is 1. The summed E-state index contributed by atoms with van der Waals surface area (Å²) in [7, 11) is 4.99. The summed E-state index contributed by atoms with van der Waals surface area (Å²) < 4.78 is 12.6. The van der Waals surface area contributed by atoms with Crippen molar-refractivity contribution in [1.29, 1.82) is 0 Å². The van der Waals surface area contributed by atoms with Crippen molar-refractivity contribution in [3.63, 3.8) is 0 Å². The standard InChI is InChI=1S/C26H25N3O3/c1-28(17-19-10-6-4-7-11-19)26(30)23-18-29(20-12-8-5-9-13-20)27-25(23)22-15-14-21(31-2)16-24(22)32-3/h4-16,18H,17H2,1-3H3. The number of methoxy groups -OCH3 is 2. The molecule has 0 aliphatic rings. The summed E-state index contributed by atoms with van der Waals surface area (Å²) in [5.74, 6) is 1.13. The first-order valence-electron chi connectivity index (χ1n) is 10.3. The highest BCUT2D eigenvalue weighted by Gasteiger charge is 2.24. The quantitative estimate of drug-likeness (QED) is 0.424. The van der Waals surface area contributed by atoms with E-state index in [1.165, 1.54) is 0 Å². The first-order chi connectivity index (χ1) is 15.6. The Labute approximate surface area is 187 Å². The van der Waals surface area contributed by atoms with Gasteiger partial charge in [-0.25, -0.2) is 4.68 Å². The molecule has 0 aliphatic carbocycles. The Morgan fingerprint density at radius 2 is 1.62 bits per heavy atom. The molecule has 0 radical (unpaired) electrons. The molecule has 6 nitrogen and oxygen atoms in total. The zero-order chi connectivity index (χ0) is 22.5. The van der Waals surface area contributed by atoms with Crippen LogP contribution in [0.15, 0.2) is 85.1 Å². The van der Waals surface area contributed by atoms with Crippen LogP contribution in [-0.2, 0) is 6.54 Å². The molecule has 1 heterocycles. The van der Waals surface area contributed by atoms with Gasteiger partial charge in [0.1, 0.15) is 17.2 Å². The second kappa shape index (κ2) is 9.39. The highest BCUT2D eigenvalue weighted by molar-refractivity contribution is 6.00. The molecule has 0 spiro atoms. The lowest BCUT2D eigenvalue weighted by Gasteiger charge is -2.17. The Hall–Kier alpha value is -4.06. The van der Waals surface area contributed by atoms with E-state index in [2.05, 4.69) is 0 Å². The van der Waals surface area contributed by atoms with Crippen molar-refractivity contribution >= 4 is 5.91 Å². The van der Waals surface area contributed by atoms with Crippen LogP contribution in [0.5, 0.6) is 11.5 Å². The molecule has 0 saturated carbocycles. The Morgan fingerprint density at radius 3 is 2.28 bits per heavy atom. The van der Waals surface area contributed by atoms with Gasteiger partial charge in [0.25, 0.3) is 5.91 Å². The number of aromatic nitrogens is 2. The lowest BCUT2D eigenvalue weighted by atomic mass is 10.1. The van der Waals surface area contributed by atoms with E-state index in [-0.39, 0.29) is 5.91 Å². The minimum absolute atomic E-state index is 0.121. The van der Waals surface area contributed by atoms with Gasteiger partial charge in [-0.15, -0.1) is 0 Å². The molecule has 0 aliphatic heterocycles. The molecule has 32 heavy (non-hydrogen) atoms. The molecule has 0 N–H and O–H groups in total. The lowest BCUT2D eigenvalue weighted by Crippen LogP contribution is -2.26. The Kier molecular flexibility index (Phi) is 6.22. The first-order valence-corrected chi connectivity index (χ1v) is 10.3. The molecule has 162 valence electrons. The van der Waals surface area contributed by atoms with Gasteiger partial charge >= 0.3 is 0 Å². The van der Waals surface area contributed by atoms with Gasteiger partial charge in [0.2, 0.25) is 0 Å². The highest BCUT2D eigenvalue weighted by atomic mass is 16.5. The number of nitrogens with zero attached hydrogens (tertiary/aromatic N) is 3. The number of para-hydroxylation sites is 1. The van der Waals surface area contributed by atoms with E-state index in [9.17, 15) is 4.79 Å². The van der Waals surface area contributed by atoms with Crippen molar-refractivity contribution < 1.29 is 14.3 Å². The predicted molar refractivity (Wildman–Crippen MR) is 124 cm³/mol. The monoisotopic (exact) mass is 427 g/mol. The van der Waals surface area contributed by atoms with Gasteiger partial charge in [-0.05, 0) is 29.8 Å². The van der Waals surface area contributed by atoms with Gasteiger partial charge < -0.3 is 14.4 Å². The Bertz CT molecular complexity index is 1200. The van der Waals surface area contributed by atoms with Crippen molar-refractivity contribution in [2.45, 2.75) is 6.54 Å². The minimum atomic E-state index is -0.121. The molecule has 3 aromatic carbocycles. The second-order valence-electron chi connectivity index (χ2n) is 7.38. The van der Waals surface area contributed by atoms with Crippen LogP contribution in [0.1, 0.15) is 15.9 Å². The van der Waals surface area contributed by atoms with E-state index in [1.807, 2.05) is 72.8 Å². The number of carbonyl (C=O) groups is 1. The Morgan fingerprint density at radius 1 is 0.938 bits per heavy atom. The topological polar surface area (TPSA) is 56.6 Å². The van der Waals surface area contributed by atoms with E-state index in [4.69, 9.17) is 14.6 Å². The lowest BCUT2D eigenvalue weighted by molar-refractivity contribution is 0.0786. The maximum absolute atomic E-state index is 13.5. The van der Waals surface area contributed by atoms with Gasteiger partial charge in [-0.2, -0.15) is 5.10 Å². The minimum Gasteiger partial charge on any atom is -0.497 e. The highest BCUT2D eigenvalue weighted by Crippen LogP contribution is 2.35. The largest absolute Gasteiger partial charge is 0.497 e. The summed E-state index contributed by atoms with van der Waals surface area (Å²) in [6.45, 7) is 0.495. The zero-order valence-corrected chi connectivity index (χ0v) is 18.4. The molecule has 4 rings (SSSR count). The molecule has 4 aromatic rings. The molecule has 0 unspecified atom stereocenters. The van der Waals surface area contributed by atoms with Gasteiger partial charge in [0, 0.05) is 31.4 Å². The molecular formula is C26H25N3O3. The molecule has 0 atom stereocenters. The van der Waals surface area contributed by atoms with Gasteiger partial charge in [-0.3, -0.25) is 4.79 Å². The van der Waals surface area contributed by atoms with Crippen molar-refractivity contribution in [2.75, 3.05) is 21.3 Å². The normalized spacial score (nSPS) is 10.6. The number of ether oxygens (including phenoxy) is 2. The van der Waals surface area contributed by atoms with Crippen LogP contribution >= 0.6 is 0 Å². The molecule has 1 amide bonds. The Balaban J connectivity index is 1.79. The molecule has 1 aromatic heterocycles. The van der Waals surface area contributed by atoms with Crippen LogP contribution in [0.4, 0.5) is 0 Å². The van der Waals surface area contributed by atoms with Crippen LogP contribution in [0.3, 0.4) is 0 Å². The number of hydrogen-bond acceptors (Lipinski definition) is 4. The summed E-state index contributed by atoms with van der Waals surface area (Å²) >= 11 is 0. The second-order valence-corrected chi connectivity index (χ2v) is 7.38. The number of benzene rings is 3. The summed E-state index contributed by atoms with van der Waals surface area (Å²) in [5.41, 5.74) is 3.70. The third-order valence-corrected chi connectivity index (χ3v) is 5.24. The van der Waals surface area contributed by atoms with Gasteiger partial charge in [0.15, 0.2) is 0 Å². The fourth-order valence-corrected chi connectivity index (χ4v) is 3.57. The average molecular weight is 428 g/mol. The molecule has 0 bridgehead atoms. The molecular weight excluding hydrogens is 402 g/mol. The SMILES string of the molecule is COc1ccc(-c2nn(-c3ccccc3)cc2C(=O)N(C)Cc2ccccc2)c(OC)c1. The predicted octanol–water partition coefficient (Wildman–Crippen LogP) is 4.83. The summed E-state index contributed by atoms with van der Waals surface area (Å²) in [5, 5.41) is 4.77. The van der Waals surface area contributed by atoms with Crippen molar-refractivity contribution in [3.8, 4) is 28.4 Å². The van der Waals surface area contributed by atoms with Crippen molar-refractivity contribution in [2.24, 2.45) is 0 Å². The summed E-state index contributed by atoms with van der Waals surface area (Å²) in [6, 6.07) is 25.1. The van der Waals surface area contributed by atoms with E-state index < -0.39 is 0 Å². The number of carbonyl (C=O) groups excluding carboxylic acids is 1. The third-order valence-electron chi connectivity index (χ3n) is 5.24. The number of hydrogen-bond donors (Lipinski definition) is 0. The summed E-state index contributed by atoms with van der Waals surface area (Å²) in [6.07, 6.45) is 1.78. The fourth-order valence-electron chi connectivity index (χ4n) is 3.57. The summed E-state index contributed by atoms with van der Waals surface area (Å²) in [4.78, 5) is 15.2. The van der Waals surface area contributed by atoms with E-state index in [1.54, 1.807) is 43.1 Å². The smallest absolute Gasteiger partial charge is 0.257 e. The van der Waals surface area contributed by atoms with Crippen molar-refractivity contribution in [3.05, 3.63) is 96.2 Å². The van der Waals surface area contributed by atoms with E-state index in [0.29, 0.717) is 29.3 Å². The van der Waals surface area contributed by atoms with Crippen LogP contribution in [0.2, 0.25) is 0 Å².